The predicted octanol–water partition coefficient (Wildman–Crippen LogP) is 22.0. The number of benzene rings is 13. The van der Waals surface area contributed by atoms with Crippen LogP contribution in [0.2, 0.25) is 0 Å². The number of fused-ring (bicyclic) bond motifs is 24. The van der Waals surface area contributed by atoms with E-state index in [1.807, 2.05) is 158 Å². The van der Waals surface area contributed by atoms with E-state index in [-0.39, 0.29) is 44.9 Å². The van der Waals surface area contributed by atoms with Gasteiger partial charge in [0.25, 0.3) is 0 Å². The van der Waals surface area contributed by atoms with Crippen LogP contribution in [0.15, 0.2) is 279 Å². The largest absolute Gasteiger partial charge is 0.416 e. The third-order valence-corrected chi connectivity index (χ3v) is 20.6. The number of para-hydroxylation sites is 6. The Morgan fingerprint density at radius 1 is 0.271 bits per heavy atom. The van der Waals surface area contributed by atoms with Gasteiger partial charge in [-0.15, -0.1) is 0 Å². The molecule has 12 heteroatoms. The monoisotopic (exact) mass is 1250 g/mol. The van der Waals surface area contributed by atoms with Crippen LogP contribution in [0.4, 0.5) is 60.5 Å². The molecule has 4 aliphatic rings. The summed E-state index contributed by atoms with van der Waals surface area (Å²) in [7, 11) is 0. The number of nitrogens with zero attached hydrogens (tertiary/aromatic N) is 6. The molecule has 454 valence electrons. The van der Waals surface area contributed by atoms with Gasteiger partial charge in [-0.05, 0) is 127 Å². The van der Waals surface area contributed by atoms with Crippen LogP contribution in [0.3, 0.4) is 0 Å². The van der Waals surface area contributed by atoms with Crippen molar-refractivity contribution in [2.24, 2.45) is 0 Å². The lowest BCUT2D eigenvalue weighted by Crippen LogP contribution is -2.38. The molecular weight excluding hydrogens is 1210 g/mol. The van der Waals surface area contributed by atoms with Gasteiger partial charge in [-0.3, -0.25) is 0 Å². The first kappa shape index (κ1) is 55.3. The Labute approximate surface area is 545 Å². The molecule has 6 nitrogen and oxygen atoms in total. The van der Waals surface area contributed by atoms with E-state index in [1.165, 1.54) is 12.1 Å². The molecular formula is C84H46F6N6. The number of rotatable bonds is 4. The summed E-state index contributed by atoms with van der Waals surface area (Å²) in [6.45, 7) is 0. The zero-order valence-corrected chi connectivity index (χ0v) is 50.5. The van der Waals surface area contributed by atoms with E-state index in [4.69, 9.17) is 0 Å². The van der Waals surface area contributed by atoms with Crippen molar-refractivity contribution in [1.29, 1.82) is 10.5 Å². The van der Waals surface area contributed by atoms with Crippen molar-refractivity contribution in [1.82, 2.24) is 9.13 Å². The Morgan fingerprint density at radius 2 is 0.531 bits per heavy atom. The molecule has 19 rings (SSSR count). The molecule has 0 bridgehead atoms. The number of hydrogen-bond donors (Lipinski definition) is 0. The van der Waals surface area contributed by atoms with Crippen LogP contribution in [-0.4, -0.2) is 9.13 Å². The quantitative estimate of drug-likeness (QED) is 0.165. The minimum Gasteiger partial charge on any atom is -0.306 e. The average molecular weight is 1250 g/mol. The Balaban J connectivity index is 1.09. The number of nitriles is 2. The minimum absolute atomic E-state index is 0.0506. The van der Waals surface area contributed by atoms with Gasteiger partial charge in [-0.1, -0.05) is 218 Å². The molecule has 15 aromatic rings. The van der Waals surface area contributed by atoms with Crippen molar-refractivity contribution >= 4 is 77.7 Å². The predicted molar refractivity (Wildman–Crippen MR) is 366 cm³/mol. The molecule has 2 aromatic heterocycles. The molecule has 0 unspecified atom stereocenters. The van der Waals surface area contributed by atoms with Gasteiger partial charge in [0.1, 0.15) is 12.1 Å². The highest BCUT2D eigenvalue weighted by Crippen LogP contribution is 2.69. The highest BCUT2D eigenvalue weighted by atomic mass is 19.4. The van der Waals surface area contributed by atoms with Crippen molar-refractivity contribution < 1.29 is 26.3 Å². The van der Waals surface area contributed by atoms with E-state index in [1.54, 1.807) is 21.3 Å². The molecule has 0 radical (unpaired) electrons. The van der Waals surface area contributed by atoms with Crippen LogP contribution in [-0.2, 0) is 23.2 Å². The maximum Gasteiger partial charge on any atom is 0.416 e. The van der Waals surface area contributed by atoms with Crippen LogP contribution < -0.4 is 9.80 Å². The molecule has 0 N–H and O–H groups in total. The number of anilines is 6. The van der Waals surface area contributed by atoms with Gasteiger partial charge in [0, 0.05) is 21.5 Å². The van der Waals surface area contributed by atoms with Crippen LogP contribution in [0.5, 0.6) is 0 Å². The van der Waals surface area contributed by atoms with Gasteiger partial charge in [-0.25, -0.2) is 0 Å². The van der Waals surface area contributed by atoms with Crippen molar-refractivity contribution in [3.05, 3.63) is 346 Å². The Kier molecular flexibility index (Phi) is 11.3. The number of halogens is 6. The van der Waals surface area contributed by atoms with Crippen molar-refractivity contribution in [2.75, 3.05) is 9.80 Å². The SMILES string of the molecule is N#Cc1c(C#N)c(-n2c3ccccc3c3ccc(C(F)(F)F)cc32)c(N2c3ccccc3C3(c4ccccc4-c4ccccc43)c3ccccc32)c(N2c3ccccc3C3(c4ccccc4-c4ccccc43)c3ccccc32)c1-n1c2ccccc2c2ccc(C(F)(F)F)cc21. The van der Waals surface area contributed by atoms with Crippen molar-refractivity contribution in [2.45, 2.75) is 23.2 Å². The zero-order chi connectivity index (χ0) is 64.7. The van der Waals surface area contributed by atoms with Gasteiger partial charge in [0.05, 0.1) is 101 Å². The second kappa shape index (κ2) is 19.6. The van der Waals surface area contributed by atoms with E-state index in [0.29, 0.717) is 55.3 Å². The summed E-state index contributed by atoms with van der Waals surface area (Å²) >= 11 is 0. The molecule has 2 aliphatic heterocycles. The van der Waals surface area contributed by atoms with E-state index in [2.05, 4.69) is 94.7 Å². The fraction of sp³-hybridized carbons (Fsp3) is 0.0476. The smallest absolute Gasteiger partial charge is 0.306 e. The fourth-order valence-electron chi connectivity index (χ4n) is 17.2. The van der Waals surface area contributed by atoms with Gasteiger partial charge >= 0.3 is 12.4 Å². The summed E-state index contributed by atoms with van der Waals surface area (Å²) in [5, 5.41) is 27.4. The lowest BCUT2D eigenvalue weighted by atomic mass is 9.64. The third-order valence-electron chi connectivity index (χ3n) is 20.6. The second-order valence-electron chi connectivity index (χ2n) is 25.0. The molecule has 2 aliphatic carbocycles. The maximum atomic E-state index is 15.7. The highest BCUT2D eigenvalue weighted by Gasteiger charge is 2.56. The zero-order valence-electron chi connectivity index (χ0n) is 50.5. The number of alkyl halides is 6. The molecule has 0 fully saturated rings. The second-order valence-corrected chi connectivity index (χ2v) is 25.0. The Morgan fingerprint density at radius 3 is 0.833 bits per heavy atom. The summed E-state index contributed by atoms with van der Waals surface area (Å²) in [5.74, 6) is 0. The van der Waals surface area contributed by atoms with Gasteiger partial charge < -0.3 is 18.9 Å². The first-order valence-electron chi connectivity index (χ1n) is 31.5. The van der Waals surface area contributed by atoms with Crippen LogP contribution in [0.1, 0.15) is 66.8 Å². The van der Waals surface area contributed by atoms with Gasteiger partial charge in [-0.2, -0.15) is 36.9 Å². The molecule has 2 spiro atoms. The van der Waals surface area contributed by atoms with E-state index in [0.717, 1.165) is 91.0 Å². The standard InChI is InChI=1S/C84H46F6N6/c85-83(86,87)49-41-43-57-55-25-5-15-35-69(55)93(75(57)45-49)77-59(47-91)60(48-92)78(94-70-36-16-6-26-56(70)58-44-42-50(46-76(58)94)84(88,89)90)80(96-73-39-19-13-33-67(73)82(68-34-14-20-40-74(68)96)63-29-9-3-23-53(63)54-24-4-10-30-64(54)82)79(77)95-71-37-17-11-31-65(71)81(66-32-12-18-38-72(66)95)61-27-7-1-21-51(61)52-22-2-8-28-62(52)81/h1-46H. The normalized spacial score (nSPS) is 14.2. The van der Waals surface area contributed by atoms with E-state index >= 15 is 26.3 Å². The molecule has 13 aromatic carbocycles. The van der Waals surface area contributed by atoms with Gasteiger partial charge in [0.15, 0.2) is 0 Å². The first-order chi connectivity index (χ1) is 46.9. The summed E-state index contributed by atoms with van der Waals surface area (Å²) in [4.78, 5) is 4.21. The van der Waals surface area contributed by atoms with Crippen molar-refractivity contribution in [3.63, 3.8) is 0 Å². The molecule has 0 amide bonds. The summed E-state index contributed by atoms with van der Waals surface area (Å²) in [6.07, 6.45) is -9.67. The first-order valence-corrected chi connectivity index (χ1v) is 31.5. The summed E-state index contributed by atoms with van der Waals surface area (Å²) < 4.78 is 97.6. The number of hydrogen-bond acceptors (Lipinski definition) is 4. The lowest BCUT2D eigenvalue weighted by molar-refractivity contribution is -0.138. The molecule has 4 heterocycles. The number of aromatic nitrogens is 2. The highest BCUT2D eigenvalue weighted by molar-refractivity contribution is 6.16. The van der Waals surface area contributed by atoms with Crippen LogP contribution in [0, 0.1) is 22.7 Å². The fourth-order valence-corrected chi connectivity index (χ4v) is 17.2. The van der Waals surface area contributed by atoms with Crippen LogP contribution in [0.25, 0.3) is 77.2 Å². The average Bonchev–Trinajstić information content (AvgIpc) is 1.31. The molecule has 0 saturated carbocycles. The van der Waals surface area contributed by atoms with E-state index < -0.39 is 34.3 Å². The Hall–Kier alpha value is -12.4. The molecule has 0 saturated heterocycles. The maximum absolute atomic E-state index is 15.7. The molecule has 96 heavy (non-hydrogen) atoms. The lowest BCUT2D eigenvalue weighted by Gasteiger charge is -2.48. The molecule has 0 atom stereocenters. The van der Waals surface area contributed by atoms with E-state index in [9.17, 15) is 10.5 Å². The van der Waals surface area contributed by atoms with Crippen LogP contribution >= 0.6 is 0 Å². The summed E-state index contributed by atoms with van der Waals surface area (Å²) in [6, 6.07) is 92.6. The summed E-state index contributed by atoms with van der Waals surface area (Å²) in [5.41, 5.74) is 11.1. The minimum atomic E-state index is -4.84. The third kappa shape index (κ3) is 6.98. The van der Waals surface area contributed by atoms with Gasteiger partial charge in [0.2, 0.25) is 0 Å². The topological polar surface area (TPSA) is 63.9 Å². The Bertz CT molecular complexity index is 5480. The van der Waals surface area contributed by atoms with Crippen molar-refractivity contribution in [3.8, 4) is 45.8 Å².